The average molecular weight is 301 g/mol. The third-order valence-electron chi connectivity index (χ3n) is 4.52. The normalized spacial score (nSPS) is 11.7. The summed E-state index contributed by atoms with van der Waals surface area (Å²) in [6, 6.07) is 9.45. The van der Waals surface area contributed by atoms with Gasteiger partial charge in [-0.05, 0) is 16.6 Å². The van der Waals surface area contributed by atoms with Crippen molar-refractivity contribution in [1.82, 2.24) is 0 Å². The van der Waals surface area contributed by atoms with Gasteiger partial charge in [-0.2, -0.15) is 0 Å². The molecule has 0 aliphatic heterocycles. The summed E-state index contributed by atoms with van der Waals surface area (Å²) in [6.45, 7) is 13.7. The number of carbonyl (C=O) groups is 1. The van der Waals surface area contributed by atoms with Crippen molar-refractivity contribution in [1.29, 1.82) is 0 Å². The maximum absolute atomic E-state index is 12.2. The molecule has 0 saturated heterocycles. The number of rotatable bonds is 5. The van der Waals surface area contributed by atoms with Gasteiger partial charge in [0.05, 0.1) is 6.42 Å². The van der Waals surface area contributed by atoms with E-state index in [-0.39, 0.29) is 5.78 Å². The van der Waals surface area contributed by atoms with Crippen molar-refractivity contribution in [2.45, 2.75) is 64.6 Å². The Morgan fingerprint density at radius 3 is 1.86 bits per heavy atom. The van der Waals surface area contributed by atoms with Gasteiger partial charge in [-0.25, -0.2) is 0 Å². The van der Waals surface area contributed by atoms with Gasteiger partial charge in [0.1, 0.15) is 8.07 Å². The lowest BCUT2D eigenvalue weighted by Crippen LogP contribution is -2.43. The summed E-state index contributed by atoms with van der Waals surface area (Å²) < 4.78 is 0. The van der Waals surface area contributed by atoms with E-state index in [0.717, 1.165) is 5.56 Å². The molecule has 0 heterocycles. The van der Waals surface area contributed by atoms with Gasteiger partial charge in [-0.15, -0.1) is 11.5 Å². The zero-order chi connectivity index (χ0) is 16.0. The Morgan fingerprint density at radius 1 is 0.952 bits per heavy atom. The van der Waals surface area contributed by atoms with Crippen molar-refractivity contribution < 1.29 is 4.79 Å². The van der Waals surface area contributed by atoms with Gasteiger partial charge in [0.15, 0.2) is 5.78 Å². The molecule has 0 N–H and O–H groups in total. The Hall–Kier alpha value is -1.33. The Morgan fingerprint density at radius 2 is 1.43 bits per heavy atom. The maximum atomic E-state index is 12.2. The number of ketones is 1. The van der Waals surface area contributed by atoms with Crippen LogP contribution in [0.3, 0.4) is 0 Å². The van der Waals surface area contributed by atoms with Crippen LogP contribution >= 0.6 is 0 Å². The Bertz CT molecular complexity index is 496. The van der Waals surface area contributed by atoms with Crippen LogP contribution in [0.2, 0.25) is 16.6 Å². The van der Waals surface area contributed by atoms with Crippen LogP contribution < -0.4 is 0 Å². The predicted octanol–water partition coefficient (Wildman–Crippen LogP) is 5.48. The van der Waals surface area contributed by atoms with Crippen molar-refractivity contribution in [3.8, 4) is 11.5 Å². The lowest BCUT2D eigenvalue weighted by Gasteiger charge is -2.38. The van der Waals surface area contributed by atoms with E-state index in [2.05, 4.69) is 53.0 Å². The lowest BCUT2D eigenvalue weighted by atomic mass is 10.1. The fourth-order valence-corrected chi connectivity index (χ4v) is 8.70. The molecule has 114 valence electrons. The summed E-state index contributed by atoms with van der Waals surface area (Å²) in [4.78, 5) is 12.2. The molecule has 2 heteroatoms. The molecule has 0 amide bonds. The first kappa shape index (κ1) is 17.7. The summed E-state index contributed by atoms with van der Waals surface area (Å²) >= 11 is 0. The summed E-state index contributed by atoms with van der Waals surface area (Å²) in [5.41, 5.74) is 6.19. The van der Waals surface area contributed by atoms with E-state index in [1.807, 2.05) is 30.3 Å². The van der Waals surface area contributed by atoms with Crippen LogP contribution in [0.1, 0.15) is 58.3 Å². The van der Waals surface area contributed by atoms with E-state index in [9.17, 15) is 4.79 Å². The monoisotopic (exact) mass is 300 g/mol. The van der Waals surface area contributed by atoms with Crippen LogP contribution in [-0.2, 0) is 0 Å². The molecule has 21 heavy (non-hydrogen) atoms. The first-order valence-corrected chi connectivity index (χ1v) is 10.1. The molecule has 0 unspecified atom stereocenters. The Balaban J connectivity index is 2.94. The maximum Gasteiger partial charge on any atom is 0.174 e. The van der Waals surface area contributed by atoms with Crippen molar-refractivity contribution in [3.63, 3.8) is 0 Å². The zero-order valence-electron chi connectivity index (χ0n) is 14.2. The molecule has 0 aliphatic rings. The van der Waals surface area contributed by atoms with Crippen LogP contribution in [0, 0.1) is 11.5 Å². The minimum Gasteiger partial charge on any atom is -0.293 e. The van der Waals surface area contributed by atoms with Gasteiger partial charge < -0.3 is 0 Å². The van der Waals surface area contributed by atoms with Crippen molar-refractivity contribution >= 4 is 13.9 Å². The first-order chi connectivity index (χ1) is 9.82. The van der Waals surface area contributed by atoms with Gasteiger partial charge >= 0.3 is 0 Å². The number of hydrogen-bond acceptors (Lipinski definition) is 1. The van der Waals surface area contributed by atoms with Gasteiger partial charge in [-0.3, -0.25) is 4.79 Å². The van der Waals surface area contributed by atoms with Crippen LogP contribution in [0.5, 0.6) is 0 Å². The van der Waals surface area contributed by atoms with Gasteiger partial charge in [0, 0.05) is 5.56 Å². The zero-order valence-corrected chi connectivity index (χ0v) is 15.2. The molecule has 1 aromatic rings. The highest BCUT2D eigenvalue weighted by atomic mass is 28.3. The molecule has 1 nitrogen and oxygen atoms in total. The summed E-state index contributed by atoms with van der Waals surface area (Å²) in [6.07, 6.45) is 0.338. The number of Topliss-reactive ketones (excluding diaryl/α,β-unsaturated/α-hetero) is 1. The summed E-state index contributed by atoms with van der Waals surface area (Å²) in [7, 11) is -1.71. The second-order valence-electron chi connectivity index (χ2n) is 6.66. The van der Waals surface area contributed by atoms with Crippen LogP contribution in [-0.4, -0.2) is 13.9 Å². The van der Waals surface area contributed by atoms with Crippen molar-refractivity contribution in [3.05, 3.63) is 35.9 Å². The molecule has 0 aromatic heterocycles. The molecule has 1 aromatic carbocycles. The summed E-state index contributed by atoms with van der Waals surface area (Å²) in [5, 5.41) is 0. The predicted molar refractivity (Wildman–Crippen MR) is 94.2 cm³/mol. The van der Waals surface area contributed by atoms with Gasteiger partial charge in [-0.1, -0.05) is 71.9 Å². The topological polar surface area (TPSA) is 17.1 Å². The molecule has 0 atom stereocenters. The second-order valence-corrected chi connectivity index (χ2v) is 12.2. The first-order valence-electron chi connectivity index (χ1n) is 7.90. The number of benzene rings is 1. The van der Waals surface area contributed by atoms with Crippen LogP contribution in [0.4, 0.5) is 0 Å². The molecule has 0 radical (unpaired) electrons. The van der Waals surface area contributed by atoms with Gasteiger partial charge in [0.25, 0.3) is 0 Å². The number of hydrogen-bond donors (Lipinski definition) is 0. The minimum atomic E-state index is -1.71. The van der Waals surface area contributed by atoms with Crippen LogP contribution in [0.25, 0.3) is 0 Å². The highest BCUT2D eigenvalue weighted by Crippen LogP contribution is 2.40. The van der Waals surface area contributed by atoms with E-state index < -0.39 is 8.07 Å². The molecule has 0 fully saturated rings. The summed E-state index contributed by atoms with van der Waals surface area (Å²) in [5.74, 6) is 3.36. The molecular weight excluding hydrogens is 272 g/mol. The molecule has 1 rings (SSSR count). The SMILES string of the molecule is CC(C)[Si](C#CCC(=O)c1ccccc1)(C(C)C)C(C)C. The lowest BCUT2D eigenvalue weighted by molar-refractivity contribution is 0.0998. The average Bonchev–Trinajstić information content (AvgIpc) is 2.43. The molecule has 0 saturated carbocycles. The number of carbonyl (C=O) groups excluding carboxylic acids is 1. The van der Waals surface area contributed by atoms with Crippen LogP contribution in [0.15, 0.2) is 30.3 Å². The smallest absolute Gasteiger partial charge is 0.174 e. The van der Waals surface area contributed by atoms with E-state index in [1.54, 1.807) is 0 Å². The van der Waals surface area contributed by atoms with E-state index >= 15 is 0 Å². The highest BCUT2D eigenvalue weighted by molar-refractivity contribution is 6.90. The van der Waals surface area contributed by atoms with E-state index in [1.165, 1.54) is 0 Å². The fraction of sp³-hybridized carbons (Fsp3) is 0.526. The Kier molecular flexibility index (Phi) is 6.42. The quantitative estimate of drug-likeness (QED) is 0.400. The third kappa shape index (κ3) is 4.08. The Labute approximate surface area is 131 Å². The molecular formula is C19H28OSi. The molecule has 0 spiro atoms. The second kappa shape index (κ2) is 7.61. The van der Waals surface area contributed by atoms with Gasteiger partial charge in [0.2, 0.25) is 0 Å². The largest absolute Gasteiger partial charge is 0.293 e. The van der Waals surface area contributed by atoms with E-state index in [0.29, 0.717) is 23.0 Å². The van der Waals surface area contributed by atoms with E-state index in [4.69, 9.17) is 0 Å². The van der Waals surface area contributed by atoms with Crippen molar-refractivity contribution in [2.75, 3.05) is 0 Å². The minimum absolute atomic E-state index is 0.127. The highest BCUT2D eigenvalue weighted by Gasteiger charge is 2.41. The third-order valence-corrected chi connectivity index (χ3v) is 10.9. The molecule has 0 aliphatic carbocycles. The fourth-order valence-electron chi connectivity index (χ4n) is 3.44. The standard InChI is InChI=1S/C19H28OSi/c1-15(2)21(16(3)4,17(5)6)14-10-13-19(20)18-11-8-7-9-12-18/h7-9,11-12,15-17H,13H2,1-6H3. The molecule has 0 bridgehead atoms. The van der Waals surface area contributed by atoms with Crippen molar-refractivity contribution in [2.24, 2.45) is 0 Å².